The fraction of sp³-hybridized carbons (Fsp3) is 0.258. The SMILES string of the molecule is Cc1ccc(C2CC(CCNC(C)c3cccc4ccccc34)Oc3ccccc32)cc1C(=O)O. The number of ether oxygens (including phenoxy) is 1. The number of para-hydroxylation sites is 1. The van der Waals surface area contributed by atoms with Gasteiger partial charge in [0.25, 0.3) is 0 Å². The zero-order valence-corrected chi connectivity index (χ0v) is 20.2. The molecule has 1 aliphatic rings. The lowest BCUT2D eigenvalue weighted by molar-refractivity contribution is 0.0696. The number of rotatable bonds is 7. The van der Waals surface area contributed by atoms with Crippen molar-refractivity contribution in [1.82, 2.24) is 5.32 Å². The summed E-state index contributed by atoms with van der Waals surface area (Å²) in [5.74, 6) is 0.125. The van der Waals surface area contributed by atoms with Crippen LogP contribution in [0.2, 0.25) is 0 Å². The number of aromatic carboxylic acids is 1. The van der Waals surface area contributed by atoms with E-state index in [1.165, 1.54) is 16.3 Å². The van der Waals surface area contributed by atoms with Gasteiger partial charge in [-0.15, -0.1) is 0 Å². The Balaban J connectivity index is 1.31. The van der Waals surface area contributed by atoms with Crippen LogP contribution in [-0.4, -0.2) is 23.7 Å². The summed E-state index contributed by atoms with van der Waals surface area (Å²) in [6.45, 7) is 4.89. The first-order valence-corrected chi connectivity index (χ1v) is 12.3. The molecule has 0 amide bonds. The first kappa shape index (κ1) is 23.1. The van der Waals surface area contributed by atoms with E-state index in [4.69, 9.17) is 4.74 Å². The van der Waals surface area contributed by atoms with Crippen LogP contribution in [0.3, 0.4) is 0 Å². The third-order valence-corrected chi connectivity index (χ3v) is 7.19. The van der Waals surface area contributed by atoms with Gasteiger partial charge in [-0.25, -0.2) is 4.79 Å². The van der Waals surface area contributed by atoms with E-state index >= 15 is 0 Å². The van der Waals surface area contributed by atoms with Crippen LogP contribution in [0.5, 0.6) is 5.75 Å². The topological polar surface area (TPSA) is 58.6 Å². The van der Waals surface area contributed by atoms with E-state index in [9.17, 15) is 9.90 Å². The fourth-order valence-electron chi connectivity index (χ4n) is 5.27. The highest BCUT2D eigenvalue weighted by atomic mass is 16.5. The number of carboxylic acid groups (broad SMARTS) is 1. The van der Waals surface area contributed by atoms with Gasteiger partial charge in [0.15, 0.2) is 0 Å². The predicted molar refractivity (Wildman–Crippen MR) is 140 cm³/mol. The molecule has 35 heavy (non-hydrogen) atoms. The lowest BCUT2D eigenvalue weighted by atomic mass is 9.82. The molecule has 2 N–H and O–H groups in total. The van der Waals surface area contributed by atoms with Gasteiger partial charge < -0.3 is 15.2 Å². The van der Waals surface area contributed by atoms with E-state index in [1.54, 1.807) is 0 Å². The minimum absolute atomic E-state index is 0.0525. The Labute approximate surface area is 206 Å². The van der Waals surface area contributed by atoms with Gasteiger partial charge >= 0.3 is 5.97 Å². The van der Waals surface area contributed by atoms with E-state index in [0.29, 0.717) is 5.56 Å². The largest absolute Gasteiger partial charge is 0.490 e. The van der Waals surface area contributed by atoms with Crippen LogP contribution in [0.1, 0.15) is 64.3 Å². The fourth-order valence-corrected chi connectivity index (χ4v) is 5.27. The number of nitrogens with one attached hydrogen (secondary N) is 1. The molecule has 0 saturated heterocycles. The van der Waals surface area contributed by atoms with Gasteiger partial charge in [-0.3, -0.25) is 0 Å². The number of carbonyl (C=O) groups is 1. The Morgan fingerprint density at radius 2 is 1.80 bits per heavy atom. The van der Waals surface area contributed by atoms with Crippen molar-refractivity contribution in [2.75, 3.05) is 6.54 Å². The third kappa shape index (κ3) is 4.80. The monoisotopic (exact) mass is 465 g/mol. The summed E-state index contributed by atoms with van der Waals surface area (Å²) in [4.78, 5) is 11.7. The summed E-state index contributed by atoms with van der Waals surface area (Å²) < 4.78 is 6.39. The Hall–Kier alpha value is -3.63. The molecule has 0 aliphatic carbocycles. The molecule has 4 aromatic rings. The number of benzene rings is 4. The molecule has 0 radical (unpaired) electrons. The average molecular weight is 466 g/mol. The number of aryl methyl sites for hydroxylation is 1. The van der Waals surface area contributed by atoms with Gasteiger partial charge in [0.05, 0.1) is 5.56 Å². The molecule has 0 spiro atoms. The first-order chi connectivity index (χ1) is 17.0. The van der Waals surface area contributed by atoms with Crippen molar-refractivity contribution in [2.45, 2.75) is 44.8 Å². The second-order valence-corrected chi connectivity index (χ2v) is 9.48. The zero-order chi connectivity index (χ0) is 24.4. The molecule has 0 fully saturated rings. The molecular weight excluding hydrogens is 434 g/mol. The molecule has 178 valence electrons. The predicted octanol–water partition coefficient (Wildman–Crippen LogP) is 6.87. The normalized spacial score (nSPS) is 18.0. The van der Waals surface area contributed by atoms with Gasteiger partial charge in [-0.1, -0.05) is 72.8 Å². The summed E-state index contributed by atoms with van der Waals surface area (Å²) in [5.41, 5.74) is 4.61. The van der Waals surface area contributed by atoms with Crippen molar-refractivity contribution >= 4 is 16.7 Å². The number of fused-ring (bicyclic) bond motifs is 2. The number of hydrogen-bond donors (Lipinski definition) is 2. The molecule has 1 aliphatic heterocycles. The quantitative estimate of drug-likeness (QED) is 0.313. The molecule has 3 unspecified atom stereocenters. The molecule has 0 bridgehead atoms. The van der Waals surface area contributed by atoms with Crippen molar-refractivity contribution in [3.8, 4) is 5.75 Å². The van der Waals surface area contributed by atoms with E-state index in [2.05, 4.69) is 66.8 Å². The van der Waals surface area contributed by atoms with Crippen molar-refractivity contribution in [2.24, 2.45) is 0 Å². The molecule has 5 rings (SSSR count). The number of hydrogen-bond acceptors (Lipinski definition) is 3. The minimum atomic E-state index is -0.882. The van der Waals surface area contributed by atoms with Gasteiger partial charge in [-0.05, 0) is 72.8 Å². The lowest BCUT2D eigenvalue weighted by Gasteiger charge is -2.33. The van der Waals surface area contributed by atoms with Crippen molar-refractivity contribution in [3.63, 3.8) is 0 Å². The smallest absolute Gasteiger partial charge is 0.335 e. The maximum Gasteiger partial charge on any atom is 0.335 e. The van der Waals surface area contributed by atoms with Gasteiger partial charge in [0.1, 0.15) is 11.9 Å². The number of carboxylic acids is 1. The lowest BCUT2D eigenvalue weighted by Crippen LogP contribution is -2.31. The van der Waals surface area contributed by atoms with Gasteiger partial charge in [0.2, 0.25) is 0 Å². The molecule has 0 aromatic heterocycles. The summed E-state index contributed by atoms with van der Waals surface area (Å²) in [6, 6.07) is 29.1. The van der Waals surface area contributed by atoms with Gasteiger partial charge in [-0.2, -0.15) is 0 Å². The first-order valence-electron chi connectivity index (χ1n) is 12.3. The maximum atomic E-state index is 11.7. The molecule has 0 saturated carbocycles. The van der Waals surface area contributed by atoms with E-state index < -0.39 is 5.97 Å². The molecule has 4 aromatic carbocycles. The zero-order valence-electron chi connectivity index (χ0n) is 20.2. The molecule has 1 heterocycles. The van der Waals surface area contributed by atoms with E-state index in [-0.39, 0.29) is 18.1 Å². The summed E-state index contributed by atoms with van der Waals surface area (Å²) in [6.07, 6.45) is 1.75. The highest BCUT2D eigenvalue weighted by molar-refractivity contribution is 5.89. The minimum Gasteiger partial charge on any atom is -0.490 e. The summed E-state index contributed by atoms with van der Waals surface area (Å²) in [7, 11) is 0. The van der Waals surface area contributed by atoms with E-state index in [0.717, 1.165) is 41.8 Å². The van der Waals surface area contributed by atoms with Crippen molar-refractivity contribution in [1.29, 1.82) is 0 Å². The maximum absolute atomic E-state index is 11.7. The molecule has 3 atom stereocenters. The highest BCUT2D eigenvalue weighted by Crippen LogP contribution is 2.41. The van der Waals surface area contributed by atoms with Crippen LogP contribution in [-0.2, 0) is 0 Å². The Morgan fingerprint density at radius 3 is 2.66 bits per heavy atom. The van der Waals surface area contributed by atoms with Crippen LogP contribution in [0.15, 0.2) is 84.9 Å². The average Bonchev–Trinajstić information content (AvgIpc) is 2.88. The second kappa shape index (κ2) is 9.93. The summed E-state index contributed by atoms with van der Waals surface area (Å²) in [5, 5.41) is 15.9. The van der Waals surface area contributed by atoms with Crippen LogP contribution in [0.4, 0.5) is 0 Å². The Kier molecular flexibility index (Phi) is 6.56. The molecular formula is C31H31NO3. The van der Waals surface area contributed by atoms with Gasteiger partial charge in [0, 0.05) is 17.5 Å². The molecule has 4 nitrogen and oxygen atoms in total. The standard InChI is InChI=1S/C31H31NO3/c1-20-14-15-23(18-28(20)31(33)34)29-19-24(35-30-13-6-5-11-27(29)30)16-17-32-21(2)25-12-7-9-22-8-3-4-10-26(22)25/h3-15,18,21,24,29,32H,16-17,19H2,1-2H3,(H,33,34). The Morgan fingerprint density at radius 1 is 1.03 bits per heavy atom. The van der Waals surface area contributed by atoms with Crippen LogP contribution >= 0.6 is 0 Å². The highest BCUT2D eigenvalue weighted by Gasteiger charge is 2.29. The molecule has 4 heteroatoms. The third-order valence-electron chi connectivity index (χ3n) is 7.19. The van der Waals surface area contributed by atoms with Crippen LogP contribution in [0.25, 0.3) is 10.8 Å². The van der Waals surface area contributed by atoms with Crippen molar-refractivity contribution < 1.29 is 14.6 Å². The van der Waals surface area contributed by atoms with Crippen molar-refractivity contribution in [3.05, 3.63) is 113 Å². The summed E-state index contributed by atoms with van der Waals surface area (Å²) >= 11 is 0. The Bertz CT molecular complexity index is 1360. The second-order valence-electron chi connectivity index (χ2n) is 9.48. The van der Waals surface area contributed by atoms with Crippen LogP contribution in [0, 0.1) is 6.92 Å². The van der Waals surface area contributed by atoms with E-state index in [1.807, 2.05) is 37.3 Å². The van der Waals surface area contributed by atoms with Crippen LogP contribution < -0.4 is 10.1 Å².